The third kappa shape index (κ3) is 8.70. The number of likely N-dealkylation sites (N-methyl/N-ethyl adjacent to an activating group) is 1. The second-order valence-corrected chi connectivity index (χ2v) is 11.5. The van der Waals surface area contributed by atoms with E-state index in [9.17, 15) is 14.4 Å². The van der Waals surface area contributed by atoms with Gasteiger partial charge in [-0.05, 0) is 57.9 Å². The van der Waals surface area contributed by atoms with Crippen molar-refractivity contribution in [3.8, 4) is 5.75 Å². The maximum Gasteiger partial charge on any atom is 0.407 e. The predicted molar refractivity (Wildman–Crippen MR) is 158 cm³/mol. The highest BCUT2D eigenvalue weighted by molar-refractivity contribution is 6.35. The number of halogens is 1. The van der Waals surface area contributed by atoms with Gasteiger partial charge in [-0.25, -0.2) is 4.79 Å². The number of nitrogens with zero attached hydrogens (tertiary/aromatic N) is 1. The molecule has 3 aliphatic rings. The molecule has 0 saturated carbocycles. The van der Waals surface area contributed by atoms with Crippen molar-refractivity contribution in [2.24, 2.45) is 5.92 Å². The molecule has 3 N–H and O–H groups in total. The number of epoxide rings is 1. The first-order chi connectivity index (χ1) is 19.4. The number of benzene rings is 1. The van der Waals surface area contributed by atoms with Crippen LogP contribution in [0.3, 0.4) is 0 Å². The normalized spacial score (nSPS) is 30.3. The van der Waals surface area contributed by atoms with Crippen molar-refractivity contribution in [3.63, 3.8) is 0 Å². The molecule has 1 aromatic carbocycles. The molecule has 3 heterocycles. The number of methoxy groups -OCH3 is 1. The summed E-state index contributed by atoms with van der Waals surface area (Å²) in [6.45, 7) is 6.19. The molecule has 1 aromatic rings. The Balaban J connectivity index is 0.000000696. The minimum absolute atomic E-state index is 0.0130. The monoisotopic (exact) mass is 591 g/mol. The second-order valence-electron chi connectivity index (χ2n) is 11.1. The Hall–Kier alpha value is -3.08. The van der Waals surface area contributed by atoms with E-state index in [4.69, 9.17) is 30.9 Å². The number of ether oxygens (including phenoxy) is 3. The number of hydrogen-bond acceptors (Lipinski definition) is 7. The predicted octanol–water partition coefficient (Wildman–Crippen LogP) is 4.49. The van der Waals surface area contributed by atoms with E-state index in [1.54, 1.807) is 26.1 Å². The summed E-state index contributed by atoms with van der Waals surface area (Å²) in [6.07, 6.45) is 8.53. The van der Waals surface area contributed by atoms with Crippen molar-refractivity contribution in [3.05, 3.63) is 46.5 Å². The minimum Gasteiger partial charge on any atom is -0.495 e. The molecule has 4 unspecified atom stereocenters. The SMILES string of the molecule is CNCC(=O)O.COc1cc2cc(c1Cl)N(C)C(=O)CCC1(C)OC1[C@H](C)C1CC(C/C=C/C=C(\C)C2)NC(=O)O1. The molecule has 10 nitrogen and oxygen atoms in total. The largest absolute Gasteiger partial charge is 0.495 e. The van der Waals surface area contributed by atoms with E-state index in [0.29, 0.717) is 35.7 Å². The van der Waals surface area contributed by atoms with E-state index in [0.717, 1.165) is 24.0 Å². The summed E-state index contributed by atoms with van der Waals surface area (Å²) >= 11 is 6.60. The Morgan fingerprint density at radius 2 is 2.07 bits per heavy atom. The molecule has 4 rings (SSSR count). The summed E-state index contributed by atoms with van der Waals surface area (Å²) < 4.78 is 17.2. The lowest BCUT2D eigenvalue weighted by Gasteiger charge is -2.33. The Morgan fingerprint density at radius 1 is 1.34 bits per heavy atom. The van der Waals surface area contributed by atoms with Crippen molar-refractivity contribution < 1.29 is 33.7 Å². The lowest BCUT2D eigenvalue weighted by molar-refractivity contribution is -0.135. The van der Waals surface area contributed by atoms with Crippen molar-refractivity contribution in [2.45, 2.75) is 76.7 Å². The molecule has 3 aliphatic heterocycles. The van der Waals surface area contributed by atoms with Gasteiger partial charge < -0.3 is 34.9 Å². The van der Waals surface area contributed by atoms with Gasteiger partial charge in [0.15, 0.2) is 0 Å². The van der Waals surface area contributed by atoms with Crippen molar-refractivity contribution in [1.82, 2.24) is 10.6 Å². The molecule has 11 heteroatoms. The van der Waals surface area contributed by atoms with E-state index in [1.807, 2.05) is 25.1 Å². The fraction of sp³-hybridized carbons (Fsp3) is 0.567. The van der Waals surface area contributed by atoms with Crippen LogP contribution >= 0.6 is 11.6 Å². The number of hydrogen-bond donors (Lipinski definition) is 3. The second kappa shape index (κ2) is 14.2. The summed E-state index contributed by atoms with van der Waals surface area (Å²) in [5.74, 6) is -0.291. The minimum atomic E-state index is -0.822. The van der Waals surface area contributed by atoms with Crippen LogP contribution in [0.1, 0.15) is 52.0 Å². The number of carboxylic acids is 1. The van der Waals surface area contributed by atoms with Gasteiger partial charge in [-0.15, -0.1) is 0 Å². The quantitative estimate of drug-likeness (QED) is 0.438. The number of allylic oxidation sites excluding steroid dienone is 3. The topological polar surface area (TPSA) is 130 Å². The Kier molecular flexibility index (Phi) is 11.2. The Bertz CT molecular complexity index is 1190. The van der Waals surface area contributed by atoms with Crippen molar-refractivity contribution in [1.29, 1.82) is 0 Å². The number of carbonyl (C=O) groups is 3. The Labute approximate surface area is 247 Å². The number of nitrogens with one attached hydrogen (secondary N) is 2. The lowest BCUT2D eigenvalue weighted by Crippen LogP contribution is -2.48. The van der Waals surface area contributed by atoms with Gasteiger partial charge in [0.1, 0.15) is 16.9 Å². The zero-order valence-corrected chi connectivity index (χ0v) is 25.4. The molecule has 5 atom stereocenters. The fourth-order valence-electron chi connectivity index (χ4n) is 5.32. The first-order valence-corrected chi connectivity index (χ1v) is 14.2. The first kappa shape index (κ1) is 32.4. The standard InChI is InChI=1S/C27H35ClN2O5.C3H7NO2/c1-16-8-6-7-9-19-15-21(34-26(32)29-19)17(2)25-27(3,35-25)11-10-23(31)30(4)20-13-18(12-16)14-22(33-5)24(20)28;1-4-2-3(5)6/h6-8,13-14,17,19,21,25H,9-12,15H2,1-5H3,(H,29,32);4H,2H2,1H3,(H,5,6)/b7-6+,16-8+;/t17-,19?,21?,25?,27?;/m1./s1. The molecule has 2 saturated heterocycles. The molecular formula is C30H42ClN3O7. The molecule has 0 radical (unpaired) electrons. The van der Waals surface area contributed by atoms with Gasteiger partial charge >= 0.3 is 12.1 Å². The molecule has 0 spiro atoms. The zero-order chi connectivity index (χ0) is 30.3. The fourth-order valence-corrected chi connectivity index (χ4v) is 5.63. The van der Waals surface area contributed by atoms with Crippen LogP contribution < -0.4 is 20.3 Å². The summed E-state index contributed by atoms with van der Waals surface area (Å²) in [7, 11) is 4.91. The molecule has 226 valence electrons. The highest BCUT2D eigenvalue weighted by Crippen LogP contribution is 2.47. The van der Waals surface area contributed by atoms with Crippen LogP contribution in [0.5, 0.6) is 5.75 Å². The number of fused-ring (bicyclic) bond motifs is 5. The maximum atomic E-state index is 13.2. The van der Waals surface area contributed by atoms with Crippen LogP contribution in [-0.4, -0.2) is 74.7 Å². The number of rotatable bonds is 3. The molecule has 4 bridgehead atoms. The molecule has 0 aliphatic carbocycles. The van der Waals surface area contributed by atoms with Crippen LogP contribution in [0, 0.1) is 5.92 Å². The van der Waals surface area contributed by atoms with Crippen molar-refractivity contribution >= 4 is 35.3 Å². The van der Waals surface area contributed by atoms with Crippen LogP contribution in [0.4, 0.5) is 10.5 Å². The highest BCUT2D eigenvalue weighted by atomic mass is 35.5. The van der Waals surface area contributed by atoms with Gasteiger partial charge in [-0.3, -0.25) is 9.59 Å². The van der Waals surface area contributed by atoms with Crippen LogP contribution in [0.2, 0.25) is 5.02 Å². The smallest absolute Gasteiger partial charge is 0.407 e. The summed E-state index contributed by atoms with van der Waals surface area (Å²) in [5, 5.41) is 13.7. The van der Waals surface area contributed by atoms with E-state index in [2.05, 4.69) is 36.6 Å². The summed E-state index contributed by atoms with van der Waals surface area (Å²) in [6, 6.07) is 3.88. The van der Waals surface area contributed by atoms with Gasteiger partial charge in [0.25, 0.3) is 0 Å². The van der Waals surface area contributed by atoms with Gasteiger partial charge in [-0.2, -0.15) is 0 Å². The lowest BCUT2D eigenvalue weighted by atomic mass is 9.86. The maximum absolute atomic E-state index is 13.2. The molecular weight excluding hydrogens is 550 g/mol. The number of carboxylic acid groups (broad SMARTS) is 1. The molecule has 2 amide bonds. The number of carbonyl (C=O) groups excluding carboxylic acids is 2. The van der Waals surface area contributed by atoms with Crippen molar-refractivity contribution in [2.75, 3.05) is 32.6 Å². The average molecular weight is 592 g/mol. The average Bonchev–Trinajstić information content (AvgIpc) is 3.60. The third-order valence-electron chi connectivity index (χ3n) is 7.72. The van der Waals surface area contributed by atoms with Crippen LogP contribution in [0.15, 0.2) is 35.9 Å². The van der Waals surface area contributed by atoms with Gasteiger partial charge in [0, 0.05) is 31.8 Å². The van der Waals surface area contributed by atoms with E-state index in [-0.39, 0.29) is 42.7 Å². The van der Waals surface area contributed by atoms with E-state index < -0.39 is 11.6 Å². The summed E-state index contributed by atoms with van der Waals surface area (Å²) in [4.78, 5) is 36.5. The number of aliphatic carboxylic acids is 1. The number of anilines is 1. The molecule has 2 fully saturated rings. The molecule has 41 heavy (non-hydrogen) atoms. The number of amides is 2. The number of alkyl carbamates (subject to hydrolysis) is 1. The van der Waals surface area contributed by atoms with E-state index >= 15 is 0 Å². The zero-order valence-electron chi connectivity index (χ0n) is 24.7. The third-order valence-corrected chi connectivity index (χ3v) is 8.10. The summed E-state index contributed by atoms with van der Waals surface area (Å²) in [5.41, 5.74) is 2.37. The van der Waals surface area contributed by atoms with Crippen LogP contribution in [0.25, 0.3) is 0 Å². The van der Waals surface area contributed by atoms with Crippen LogP contribution in [-0.2, 0) is 25.5 Å². The van der Waals surface area contributed by atoms with Gasteiger partial charge in [-0.1, -0.05) is 42.3 Å². The van der Waals surface area contributed by atoms with Gasteiger partial charge in [0.2, 0.25) is 5.91 Å². The molecule has 0 aromatic heterocycles. The first-order valence-electron chi connectivity index (χ1n) is 13.8. The highest BCUT2D eigenvalue weighted by Gasteiger charge is 2.57. The van der Waals surface area contributed by atoms with Gasteiger partial charge in [0.05, 0.1) is 31.0 Å². The van der Waals surface area contributed by atoms with E-state index in [1.165, 1.54) is 0 Å². The Morgan fingerprint density at radius 3 is 2.71 bits per heavy atom.